The minimum absolute atomic E-state index is 0.128. The van der Waals surface area contributed by atoms with Gasteiger partial charge in [0, 0.05) is 31.3 Å². The average Bonchev–Trinajstić information content (AvgIpc) is 3.17. The number of carbonyl (C=O) groups excluding carboxylic acids is 2. The molecule has 1 aliphatic heterocycles. The number of rotatable bonds is 5. The van der Waals surface area contributed by atoms with Gasteiger partial charge in [0.15, 0.2) is 0 Å². The van der Waals surface area contributed by atoms with Crippen LogP contribution in [0.25, 0.3) is 0 Å². The normalized spacial score (nSPS) is 17.0. The zero-order chi connectivity index (χ0) is 21.9. The highest BCUT2D eigenvalue weighted by Crippen LogP contribution is 2.24. The first-order chi connectivity index (χ1) is 14.1. The minimum atomic E-state index is -1.09. The molecule has 0 spiro atoms. The fourth-order valence-electron chi connectivity index (χ4n) is 3.44. The molecule has 0 unspecified atom stereocenters. The summed E-state index contributed by atoms with van der Waals surface area (Å²) in [5.41, 5.74) is 1.69. The number of ether oxygens (including phenoxy) is 1. The summed E-state index contributed by atoms with van der Waals surface area (Å²) in [6.45, 7) is 5.32. The molecule has 9 heteroatoms. The Morgan fingerprint density at radius 1 is 1.30 bits per heavy atom. The van der Waals surface area contributed by atoms with Crippen LogP contribution in [0.4, 0.5) is 4.79 Å². The summed E-state index contributed by atoms with van der Waals surface area (Å²) < 4.78 is 5.29. The molecule has 2 heterocycles. The number of alkyl carbamates (subject to hydrolysis) is 1. The van der Waals surface area contributed by atoms with Crippen molar-refractivity contribution in [1.29, 1.82) is 0 Å². The number of H-pyrrole nitrogens is 1. The Morgan fingerprint density at radius 2 is 2.00 bits per heavy atom. The number of carboxylic acids is 1. The van der Waals surface area contributed by atoms with Gasteiger partial charge in [-0.1, -0.05) is 24.3 Å². The van der Waals surface area contributed by atoms with Gasteiger partial charge in [-0.25, -0.2) is 14.6 Å². The Morgan fingerprint density at radius 3 is 2.60 bits per heavy atom. The maximum absolute atomic E-state index is 13.4. The maximum atomic E-state index is 13.4. The number of benzene rings is 1. The number of hydrogen-bond acceptors (Lipinski definition) is 5. The third-order valence-corrected chi connectivity index (χ3v) is 4.78. The molecular weight excluding hydrogens is 388 g/mol. The first-order valence-electron chi connectivity index (χ1n) is 9.71. The number of aliphatic carboxylic acids is 1. The van der Waals surface area contributed by atoms with Gasteiger partial charge in [-0.05, 0) is 31.9 Å². The highest BCUT2D eigenvalue weighted by Gasteiger charge is 2.38. The number of carboxylic acid groups (broad SMARTS) is 1. The van der Waals surface area contributed by atoms with Crippen molar-refractivity contribution in [2.24, 2.45) is 0 Å². The van der Waals surface area contributed by atoms with Crippen molar-refractivity contribution in [3.05, 3.63) is 53.6 Å². The molecule has 0 saturated carbocycles. The fraction of sp³-hybridized carbons (Fsp3) is 0.429. The predicted molar refractivity (Wildman–Crippen MR) is 108 cm³/mol. The van der Waals surface area contributed by atoms with E-state index in [0.717, 1.165) is 11.1 Å². The van der Waals surface area contributed by atoms with E-state index in [4.69, 9.17) is 4.74 Å². The second kappa shape index (κ2) is 8.56. The van der Waals surface area contributed by atoms with Gasteiger partial charge in [0.1, 0.15) is 17.7 Å². The zero-order valence-electron chi connectivity index (χ0n) is 17.2. The Labute approximate surface area is 174 Å². The Bertz CT molecular complexity index is 920. The van der Waals surface area contributed by atoms with Gasteiger partial charge in [0.05, 0.1) is 6.33 Å². The monoisotopic (exact) mass is 414 g/mol. The summed E-state index contributed by atoms with van der Waals surface area (Å²) in [5.74, 6) is -1.58. The molecule has 0 radical (unpaired) electrons. The lowest BCUT2D eigenvalue weighted by molar-refractivity contribution is -0.152. The van der Waals surface area contributed by atoms with Gasteiger partial charge in [-0.15, -0.1) is 0 Å². The summed E-state index contributed by atoms with van der Waals surface area (Å²) in [7, 11) is 0. The Balaban J connectivity index is 1.86. The summed E-state index contributed by atoms with van der Waals surface area (Å²) in [4.78, 5) is 45.8. The largest absolute Gasteiger partial charge is 0.480 e. The molecule has 1 aromatic heterocycles. The lowest BCUT2D eigenvalue weighted by Gasteiger charge is -2.36. The Kier molecular flexibility index (Phi) is 6.09. The van der Waals surface area contributed by atoms with Crippen molar-refractivity contribution < 1.29 is 24.2 Å². The van der Waals surface area contributed by atoms with Crippen molar-refractivity contribution >= 4 is 18.0 Å². The van der Waals surface area contributed by atoms with E-state index in [-0.39, 0.29) is 19.4 Å². The maximum Gasteiger partial charge on any atom is 0.408 e. The number of carbonyl (C=O) groups is 3. The average molecular weight is 414 g/mol. The summed E-state index contributed by atoms with van der Waals surface area (Å²) in [6, 6.07) is 5.42. The number of fused-ring (bicyclic) bond motifs is 1. The number of aromatic amines is 1. The Hall–Kier alpha value is -3.36. The second-order valence-electron chi connectivity index (χ2n) is 8.27. The van der Waals surface area contributed by atoms with Crippen molar-refractivity contribution in [1.82, 2.24) is 20.2 Å². The van der Waals surface area contributed by atoms with Crippen LogP contribution in [0.15, 0.2) is 36.8 Å². The summed E-state index contributed by atoms with van der Waals surface area (Å²) in [6.07, 6.45) is 2.62. The number of imidazole rings is 1. The molecule has 2 amide bonds. The van der Waals surface area contributed by atoms with Gasteiger partial charge < -0.3 is 25.0 Å². The summed E-state index contributed by atoms with van der Waals surface area (Å²) >= 11 is 0. The van der Waals surface area contributed by atoms with Crippen LogP contribution in [0.2, 0.25) is 0 Å². The molecule has 160 valence electrons. The fourth-order valence-corrected chi connectivity index (χ4v) is 3.44. The topological polar surface area (TPSA) is 125 Å². The van der Waals surface area contributed by atoms with Gasteiger partial charge in [0.25, 0.3) is 0 Å². The molecule has 1 aromatic carbocycles. The summed E-state index contributed by atoms with van der Waals surface area (Å²) in [5, 5.41) is 12.3. The van der Waals surface area contributed by atoms with Gasteiger partial charge in [0.2, 0.25) is 5.91 Å². The van der Waals surface area contributed by atoms with Crippen molar-refractivity contribution in [3.63, 3.8) is 0 Å². The third-order valence-electron chi connectivity index (χ3n) is 4.78. The van der Waals surface area contributed by atoms with Crippen LogP contribution in [-0.4, -0.2) is 55.6 Å². The number of nitrogens with one attached hydrogen (secondary N) is 2. The molecule has 2 atom stereocenters. The molecule has 9 nitrogen and oxygen atoms in total. The van der Waals surface area contributed by atoms with E-state index < -0.39 is 35.7 Å². The molecule has 2 aromatic rings. The molecule has 0 aliphatic carbocycles. The van der Waals surface area contributed by atoms with Crippen LogP contribution in [0.5, 0.6) is 0 Å². The van der Waals surface area contributed by atoms with Crippen LogP contribution in [0.3, 0.4) is 0 Å². The van der Waals surface area contributed by atoms with Crippen LogP contribution in [0, 0.1) is 0 Å². The lowest BCUT2D eigenvalue weighted by Crippen LogP contribution is -2.56. The minimum Gasteiger partial charge on any atom is -0.480 e. The number of nitrogens with zero attached hydrogens (tertiary/aromatic N) is 2. The SMILES string of the molecule is CC(C)(C)OC(=O)N[C@@H](Cc1cnc[nH]1)C(=O)N1Cc2ccccc2C[C@H]1C(=O)O. The number of amides is 2. The van der Waals surface area contributed by atoms with E-state index in [0.29, 0.717) is 5.69 Å². The van der Waals surface area contributed by atoms with E-state index in [1.807, 2.05) is 24.3 Å². The molecule has 3 N–H and O–H groups in total. The van der Waals surface area contributed by atoms with Crippen LogP contribution < -0.4 is 5.32 Å². The van der Waals surface area contributed by atoms with Crippen LogP contribution in [-0.2, 0) is 33.7 Å². The molecule has 0 saturated heterocycles. The second-order valence-corrected chi connectivity index (χ2v) is 8.27. The number of hydrogen-bond donors (Lipinski definition) is 3. The third kappa shape index (κ3) is 5.16. The van der Waals surface area contributed by atoms with E-state index >= 15 is 0 Å². The van der Waals surface area contributed by atoms with Gasteiger partial charge >= 0.3 is 12.1 Å². The van der Waals surface area contributed by atoms with Crippen LogP contribution in [0.1, 0.15) is 37.6 Å². The van der Waals surface area contributed by atoms with Crippen LogP contribution >= 0.6 is 0 Å². The van der Waals surface area contributed by atoms with Crippen molar-refractivity contribution in [2.75, 3.05) is 0 Å². The van der Waals surface area contributed by atoms with Gasteiger partial charge in [-0.3, -0.25) is 4.79 Å². The quantitative estimate of drug-likeness (QED) is 0.686. The molecular formula is C21H26N4O5. The standard InChI is InChI=1S/C21H26N4O5/c1-21(2,3)30-20(29)24-16(9-15-10-22-12-23-15)18(26)25-11-14-7-5-4-6-13(14)8-17(25)19(27)28/h4-7,10,12,16-17H,8-9,11H2,1-3H3,(H,22,23)(H,24,29)(H,27,28)/t16-,17-/m0/s1. The van der Waals surface area contributed by atoms with E-state index in [1.54, 1.807) is 27.0 Å². The van der Waals surface area contributed by atoms with Gasteiger partial charge in [-0.2, -0.15) is 0 Å². The van der Waals surface area contributed by atoms with E-state index in [1.165, 1.54) is 11.2 Å². The molecule has 3 rings (SSSR count). The van der Waals surface area contributed by atoms with E-state index in [2.05, 4.69) is 15.3 Å². The van der Waals surface area contributed by atoms with E-state index in [9.17, 15) is 19.5 Å². The number of aromatic nitrogens is 2. The highest BCUT2D eigenvalue weighted by molar-refractivity contribution is 5.90. The van der Waals surface area contributed by atoms with Crippen molar-refractivity contribution in [3.8, 4) is 0 Å². The predicted octanol–water partition coefficient (Wildman–Crippen LogP) is 1.88. The molecule has 0 bridgehead atoms. The first kappa shape index (κ1) is 21.4. The lowest BCUT2D eigenvalue weighted by atomic mass is 9.93. The molecule has 1 aliphatic rings. The van der Waals surface area contributed by atoms with Crippen molar-refractivity contribution in [2.45, 2.75) is 57.8 Å². The molecule has 0 fully saturated rings. The zero-order valence-corrected chi connectivity index (χ0v) is 17.2. The molecule has 30 heavy (non-hydrogen) atoms. The smallest absolute Gasteiger partial charge is 0.408 e. The first-order valence-corrected chi connectivity index (χ1v) is 9.71. The highest BCUT2D eigenvalue weighted by atomic mass is 16.6.